The van der Waals surface area contributed by atoms with Gasteiger partial charge in [0.25, 0.3) is 0 Å². The molecule has 16 heavy (non-hydrogen) atoms. The number of hydrogen-bond donors (Lipinski definition) is 1. The maximum Gasteiger partial charge on any atom is 0.229 e. The van der Waals surface area contributed by atoms with Crippen LogP contribution in [0.15, 0.2) is 4.52 Å². The van der Waals surface area contributed by atoms with Crippen molar-refractivity contribution in [3.8, 4) is 0 Å². The molecular weight excluding hydrogens is 202 g/mol. The van der Waals surface area contributed by atoms with Gasteiger partial charge in [-0.15, -0.1) is 0 Å². The fraction of sp³-hybridized carbons (Fsp3) is 0.833. The molecule has 0 aliphatic heterocycles. The zero-order valence-corrected chi connectivity index (χ0v) is 9.72. The molecule has 88 valence electrons. The number of hydrogen-bond acceptors (Lipinski definition) is 4. The Hall–Kier alpha value is -0.900. The van der Waals surface area contributed by atoms with Gasteiger partial charge in [-0.25, -0.2) is 0 Å². The summed E-state index contributed by atoms with van der Waals surface area (Å²) in [5, 5.41) is 4.02. The lowest BCUT2D eigenvalue weighted by Gasteiger charge is -2.04. The van der Waals surface area contributed by atoms with Crippen LogP contribution in [-0.2, 0) is 6.42 Å². The fourth-order valence-electron chi connectivity index (χ4n) is 2.81. The molecule has 1 aromatic rings. The van der Waals surface area contributed by atoms with Crippen molar-refractivity contribution in [1.82, 2.24) is 10.1 Å². The van der Waals surface area contributed by atoms with Gasteiger partial charge in [-0.3, -0.25) is 0 Å². The molecule has 2 saturated carbocycles. The van der Waals surface area contributed by atoms with E-state index in [1.165, 1.54) is 19.3 Å². The summed E-state index contributed by atoms with van der Waals surface area (Å²) < 4.78 is 5.35. The van der Waals surface area contributed by atoms with E-state index in [0.717, 1.165) is 36.4 Å². The predicted molar refractivity (Wildman–Crippen MR) is 59.8 cm³/mol. The van der Waals surface area contributed by atoms with E-state index in [9.17, 15) is 0 Å². The molecule has 3 unspecified atom stereocenters. The minimum absolute atomic E-state index is 0.155. The third-order valence-corrected chi connectivity index (χ3v) is 4.05. The van der Waals surface area contributed by atoms with Crippen LogP contribution in [0.1, 0.15) is 50.2 Å². The third kappa shape index (κ3) is 1.86. The zero-order valence-electron chi connectivity index (χ0n) is 9.72. The Bertz CT molecular complexity index is 366. The summed E-state index contributed by atoms with van der Waals surface area (Å²) in [4.78, 5) is 4.48. The molecule has 0 aromatic carbocycles. The molecular formula is C12H19N3O. The van der Waals surface area contributed by atoms with E-state index in [2.05, 4.69) is 17.1 Å². The van der Waals surface area contributed by atoms with Crippen LogP contribution in [0.3, 0.4) is 0 Å². The van der Waals surface area contributed by atoms with Gasteiger partial charge in [0.1, 0.15) is 0 Å². The highest BCUT2D eigenvalue weighted by Crippen LogP contribution is 2.57. The van der Waals surface area contributed by atoms with Crippen LogP contribution < -0.4 is 5.73 Å². The Balaban J connectivity index is 1.63. The standard InChI is InChI=1S/C12H19N3O/c1-2-10(13)6-11-14-12(16-15-11)9-4-7-3-8(7)5-9/h7-10H,2-6,13H2,1H3. The Kier molecular flexibility index (Phi) is 2.46. The molecule has 2 fully saturated rings. The summed E-state index contributed by atoms with van der Waals surface area (Å²) in [7, 11) is 0. The third-order valence-electron chi connectivity index (χ3n) is 4.05. The second kappa shape index (κ2) is 3.84. The van der Waals surface area contributed by atoms with Crippen LogP contribution in [0, 0.1) is 11.8 Å². The molecule has 4 heteroatoms. The lowest BCUT2D eigenvalue weighted by Crippen LogP contribution is -2.22. The van der Waals surface area contributed by atoms with Crippen molar-refractivity contribution in [3.05, 3.63) is 11.7 Å². The van der Waals surface area contributed by atoms with Crippen LogP contribution in [0.5, 0.6) is 0 Å². The summed E-state index contributed by atoms with van der Waals surface area (Å²) in [6.45, 7) is 2.08. The number of fused-ring (bicyclic) bond motifs is 1. The van der Waals surface area contributed by atoms with Gasteiger partial charge in [0.05, 0.1) is 0 Å². The van der Waals surface area contributed by atoms with Crippen LogP contribution in [0.4, 0.5) is 0 Å². The first-order valence-electron chi connectivity index (χ1n) is 6.34. The van der Waals surface area contributed by atoms with Crippen molar-refractivity contribution in [3.63, 3.8) is 0 Å². The molecule has 0 bridgehead atoms. The average Bonchev–Trinajstić information content (AvgIpc) is 2.74. The first-order chi connectivity index (χ1) is 7.76. The molecule has 1 heterocycles. The van der Waals surface area contributed by atoms with Crippen molar-refractivity contribution < 1.29 is 4.52 Å². The van der Waals surface area contributed by atoms with Gasteiger partial charge in [0, 0.05) is 18.4 Å². The molecule has 0 radical (unpaired) electrons. The smallest absolute Gasteiger partial charge is 0.229 e. The summed E-state index contributed by atoms with van der Waals surface area (Å²) in [5.74, 6) is 4.08. The average molecular weight is 221 g/mol. The fourth-order valence-corrected chi connectivity index (χ4v) is 2.81. The predicted octanol–water partition coefficient (Wildman–Crippen LogP) is 1.86. The normalized spacial score (nSPS) is 33.8. The summed E-state index contributed by atoms with van der Waals surface area (Å²) in [6, 6.07) is 0.155. The molecule has 0 amide bonds. The summed E-state index contributed by atoms with van der Waals surface area (Å²) >= 11 is 0. The maximum absolute atomic E-state index is 5.88. The van der Waals surface area contributed by atoms with Crippen molar-refractivity contribution >= 4 is 0 Å². The van der Waals surface area contributed by atoms with Crippen LogP contribution in [0.25, 0.3) is 0 Å². The Labute approximate surface area is 95.6 Å². The van der Waals surface area contributed by atoms with Crippen LogP contribution in [0.2, 0.25) is 0 Å². The minimum atomic E-state index is 0.155. The second-order valence-electron chi connectivity index (χ2n) is 5.35. The van der Waals surface area contributed by atoms with Gasteiger partial charge in [0.15, 0.2) is 5.82 Å². The molecule has 2 aliphatic carbocycles. The molecule has 0 spiro atoms. The molecule has 1 aromatic heterocycles. The van der Waals surface area contributed by atoms with Gasteiger partial charge < -0.3 is 10.3 Å². The molecule has 0 saturated heterocycles. The van der Waals surface area contributed by atoms with E-state index in [4.69, 9.17) is 10.3 Å². The van der Waals surface area contributed by atoms with E-state index in [0.29, 0.717) is 5.92 Å². The van der Waals surface area contributed by atoms with Crippen LogP contribution >= 0.6 is 0 Å². The lowest BCUT2D eigenvalue weighted by atomic mass is 10.0. The van der Waals surface area contributed by atoms with Crippen molar-refractivity contribution in [2.45, 2.75) is 51.0 Å². The van der Waals surface area contributed by atoms with Crippen molar-refractivity contribution in [1.29, 1.82) is 0 Å². The number of nitrogens with zero attached hydrogens (tertiary/aromatic N) is 2. The highest BCUT2D eigenvalue weighted by atomic mass is 16.5. The Morgan fingerprint density at radius 3 is 2.81 bits per heavy atom. The second-order valence-corrected chi connectivity index (χ2v) is 5.35. The SMILES string of the molecule is CCC(N)Cc1noc(C2CC3CC3C2)n1. The van der Waals surface area contributed by atoms with E-state index >= 15 is 0 Å². The molecule has 2 N–H and O–H groups in total. The summed E-state index contributed by atoms with van der Waals surface area (Å²) in [6.07, 6.45) is 5.63. The Morgan fingerprint density at radius 1 is 1.38 bits per heavy atom. The van der Waals surface area contributed by atoms with Gasteiger partial charge in [-0.05, 0) is 37.5 Å². The van der Waals surface area contributed by atoms with Gasteiger partial charge in [-0.2, -0.15) is 4.98 Å². The highest BCUT2D eigenvalue weighted by molar-refractivity contribution is 5.07. The van der Waals surface area contributed by atoms with Crippen LogP contribution in [-0.4, -0.2) is 16.2 Å². The van der Waals surface area contributed by atoms with Gasteiger partial charge in [0.2, 0.25) is 5.89 Å². The monoisotopic (exact) mass is 221 g/mol. The minimum Gasteiger partial charge on any atom is -0.339 e. The van der Waals surface area contributed by atoms with Crippen molar-refractivity contribution in [2.75, 3.05) is 0 Å². The van der Waals surface area contributed by atoms with Gasteiger partial charge >= 0.3 is 0 Å². The topological polar surface area (TPSA) is 64.9 Å². The zero-order chi connectivity index (χ0) is 11.1. The largest absolute Gasteiger partial charge is 0.339 e. The molecule has 2 aliphatic rings. The maximum atomic E-state index is 5.88. The molecule has 4 nitrogen and oxygen atoms in total. The first kappa shape index (κ1) is 10.3. The lowest BCUT2D eigenvalue weighted by molar-refractivity contribution is 0.342. The summed E-state index contributed by atoms with van der Waals surface area (Å²) in [5.41, 5.74) is 5.88. The number of aromatic nitrogens is 2. The van der Waals surface area contributed by atoms with Crippen molar-refractivity contribution in [2.24, 2.45) is 17.6 Å². The van der Waals surface area contributed by atoms with E-state index in [1.807, 2.05) is 0 Å². The molecule has 3 rings (SSSR count). The molecule has 3 atom stereocenters. The number of nitrogens with two attached hydrogens (primary N) is 1. The number of rotatable bonds is 4. The van der Waals surface area contributed by atoms with E-state index in [-0.39, 0.29) is 6.04 Å². The van der Waals surface area contributed by atoms with E-state index < -0.39 is 0 Å². The van der Waals surface area contributed by atoms with E-state index in [1.54, 1.807) is 0 Å². The Morgan fingerprint density at radius 2 is 2.12 bits per heavy atom. The highest BCUT2D eigenvalue weighted by Gasteiger charge is 2.47. The first-order valence-corrected chi connectivity index (χ1v) is 6.34. The quantitative estimate of drug-likeness (QED) is 0.842. The van der Waals surface area contributed by atoms with Gasteiger partial charge in [-0.1, -0.05) is 12.1 Å².